The summed E-state index contributed by atoms with van der Waals surface area (Å²) in [4.78, 5) is 39.5. The Hall–Kier alpha value is -3.55. The van der Waals surface area contributed by atoms with Gasteiger partial charge in [0.25, 0.3) is 5.56 Å². The van der Waals surface area contributed by atoms with E-state index in [-0.39, 0.29) is 18.0 Å². The number of benzene rings is 1. The molecule has 1 aliphatic heterocycles. The average molecular weight is 376 g/mol. The molecule has 0 aliphatic carbocycles. The first-order valence-electron chi connectivity index (χ1n) is 9.18. The van der Waals surface area contributed by atoms with Crippen molar-refractivity contribution in [2.45, 2.75) is 19.4 Å². The fourth-order valence-corrected chi connectivity index (χ4v) is 3.18. The molecule has 0 bridgehead atoms. The topological polar surface area (TPSA) is 93.0 Å². The Bertz CT molecular complexity index is 1030. The molecule has 0 spiro atoms. The van der Waals surface area contributed by atoms with Crippen LogP contribution in [0.5, 0.6) is 0 Å². The van der Waals surface area contributed by atoms with Crippen LogP contribution in [0, 0.1) is 0 Å². The second kappa shape index (κ2) is 7.99. The maximum absolute atomic E-state index is 12.3. The van der Waals surface area contributed by atoms with Crippen LogP contribution in [0.25, 0.3) is 11.3 Å². The van der Waals surface area contributed by atoms with Crippen molar-refractivity contribution in [1.29, 1.82) is 0 Å². The SMILES string of the molecule is O=C(Cn1cnc(-c2ccccc2)cc1=O)Nc1cc(N2CCCC2)ncn1. The number of nitrogens with zero attached hydrogens (tertiary/aromatic N) is 5. The van der Waals surface area contributed by atoms with E-state index < -0.39 is 0 Å². The van der Waals surface area contributed by atoms with Gasteiger partial charge in [-0.2, -0.15) is 0 Å². The largest absolute Gasteiger partial charge is 0.356 e. The minimum atomic E-state index is -0.345. The molecule has 8 heteroatoms. The summed E-state index contributed by atoms with van der Waals surface area (Å²) in [6.45, 7) is 1.78. The van der Waals surface area contributed by atoms with Crippen molar-refractivity contribution in [3.8, 4) is 11.3 Å². The van der Waals surface area contributed by atoms with Crippen molar-refractivity contribution >= 4 is 17.5 Å². The third kappa shape index (κ3) is 4.06. The normalized spacial score (nSPS) is 13.5. The summed E-state index contributed by atoms with van der Waals surface area (Å²) in [5, 5.41) is 2.72. The first-order chi connectivity index (χ1) is 13.7. The van der Waals surface area contributed by atoms with Gasteiger partial charge in [-0.3, -0.25) is 14.2 Å². The lowest BCUT2D eigenvalue weighted by molar-refractivity contribution is -0.116. The first kappa shape index (κ1) is 17.8. The molecule has 0 atom stereocenters. The van der Waals surface area contributed by atoms with Gasteiger partial charge in [0.2, 0.25) is 5.91 Å². The van der Waals surface area contributed by atoms with Crippen LogP contribution in [0.1, 0.15) is 12.8 Å². The molecule has 0 saturated carbocycles. The lowest BCUT2D eigenvalue weighted by Gasteiger charge is -2.16. The fraction of sp³-hybridized carbons (Fsp3) is 0.250. The Kier molecular flexibility index (Phi) is 5.09. The molecule has 8 nitrogen and oxygen atoms in total. The summed E-state index contributed by atoms with van der Waals surface area (Å²) in [5.41, 5.74) is 1.14. The van der Waals surface area contributed by atoms with Gasteiger partial charge in [0.05, 0.1) is 12.0 Å². The Morgan fingerprint density at radius 1 is 1.04 bits per heavy atom. The van der Waals surface area contributed by atoms with E-state index in [2.05, 4.69) is 25.2 Å². The van der Waals surface area contributed by atoms with Crippen molar-refractivity contribution in [2.24, 2.45) is 0 Å². The molecule has 1 amide bonds. The molecule has 1 N–H and O–H groups in total. The molecule has 2 aromatic heterocycles. The van der Waals surface area contributed by atoms with Gasteiger partial charge in [-0.25, -0.2) is 15.0 Å². The van der Waals surface area contributed by atoms with Gasteiger partial charge in [-0.1, -0.05) is 30.3 Å². The zero-order chi connectivity index (χ0) is 19.3. The molecule has 0 unspecified atom stereocenters. The molecule has 0 radical (unpaired) electrons. The van der Waals surface area contributed by atoms with E-state index in [1.807, 2.05) is 30.3 Å². The predicted molar refractivity (Wildman–Crippen MR) is 106 cm³/mol. The third-order valence-corrected chi connectivity index (χ3v) is 4.61. The van der Waals surface area contributed by atoms with E-state index in [0.717, 1.165) is 37.3 Å². The van der Waals surface area contributed by atoms with Crippen LogP contribution in [-0.2, 0) is 11.3 Å². The number of anilines is 2. The summed E-state index contributed by atoms with van der Waals surface area (Å²) in [7, 11) is 0. The number of carbonyl (C=O) groups is 1. The summed E-state index contributed by atoms with van der Waals surface area (Å²) in [6, 6.07) is 12.6. The summed E-state index contributed by atoms with van der Waals surface area (Å²) < 4.78 is 1.27. The van der Waals surface area contributed by atoms with Crippen LogP contribution in [-0.4, -0.2) is 38.5 Å². The number of aromatic nitrogens is 4. The van der Waals surface area contributed by atoms with E-state index in [4.69, 9.17) is 0 Å². The Morgan fingerprint density at radius 2 is 1.82 bits per heavy atom. The van der Waals surface area contributed by atoms with Crippen LogP contribution < -0.4 is 15.8 Å². The number of rotatable bonds is 5. The van der Waals surface area contributed by atoms with Crippen molar-refractivity contribution in [3.63, 3.8) is 0 Å². The monoisotopic (exact) mass is 376 g/mol. The van der Waals surface area contributed by atoms with Crippen molar-refractivity contribution in [2.75, 3.05) is 23.3 Å². The molecule has 1 aromatic carbocycles. The van der Waals surface area contributed by atoms with Gasteiger partial charge in [-0.05, 0) is 12.8 Å². The smallest absolute Gasteiger partial charge is 0.254 e. The van der Waals surface area contributed by atoms with Crippen LogP contribution in [0.4, 0.5) is 11.6 Å². The second-order valence-corrected chi connectivity index (χ2v) is 6.61. The highest BCUT2D eigenvalue weighted by Gasteiger charge is 2.15. The molecular formula is C20H20N6O2. The third-order valence-electron chi connectivity index (χ3n) is 4.61. The molecule has 4 rings (SSSR count). The summed E-state index contributed by atoms with van der Waals surface area (Å²) in [6.07, 6.45) is 5.10. The molecule has 1 saturated heterocycles. The summed E-state index contributed by atoms with van der Waals surface area (Å²) in [5.74, 6) is 0.875. The maximum atomic E-state index is 12.3. The van der Waals surface area contributed by atoms with Gasteiger partial charge in [0.15, 0.2) is 0 Å². The molecule has 142 valence electrons. The van der Waals surface area contributed by atoms with Crippen molar-refractivity contribution < 1.29 is 4.79 Å². The van der Waals surface area contributed by atoms with Crippen molar-refractivity contribution in [1.82, 2.24) is 19.5 Å². The molecule has 1 fully saturated rings. The van der Waals surface area contributed by atoms with Crippen LogP contribution in [0.2, 0.25) is 0 Å². The molecular weight excluding hydrogens is 356 g/mol. The standard InChI is InChI=1S/C20H20N6O2/c27-19(24-17-11-18(22-13-21-17)25-8-4-5-9-25)12-26-14-23-16(10-20(26)28)15-6-2-1-3-7-15/h1-3,6-7,10-11,13-14H,4-5,8-9,12H2,(H,21,22,24,27). The molecule has 1 aliphatic rings. The zero-order valence-corrected chi connectivity index (χ0v) is 15.3. The van der Waals surface area contributed by atoms with Crippen LogP contribution in [0.3, 0.4) is 0 Å². The van der Waals surface area contributed by atoms with Gasteiger partial charge in [0.1, 0.15) is 24.5 Å². The highest BCUT2D eigenvalue weighted by molar-refractivity contribution is 5.89. The van der Waals surface area contributed by atoms with Gasteiger partial charge >= 0.3 is 0 Å². The fourth-order valence-electron chi connectivity index (χ4n) is 3.18. The van der Waals surface area contributed by atoms with Crippen molar-refractivity contribution in [3.05, 3.63) is 65.5 Å². The average Bonchev–Trinajstić information content (AvgIpc) is 3.25. The van der Waals surface area contributed by atoms with E-state index >= 15 is 0 Å². The van der Waals surface area contributed by atoms with Gasteiger partial charge in [0, 0.05) is 30.8 Å². The minimum absolute atomic E-state index is 0.135. The lowest BCUT2D eigenvalue weighted by Crippen LogP contribution is -2.28. The lowest BCUT2D eigenvalue weighted by atomic mass is 10.1. The Morgan fingerprint density at radius 3 is 2.57 bits per heavy atom. The number of hydrogen-bond acceptors (Lipinski definition) is 6. The first-order valence-corrected chi connectivity index (χ1v) is 9.18. The molecule has 28 heavy (non-hydrogen) atoms. The Balaban J connectivity index is 1.44. The number of carbonyl (C=O) groups excluding carboxylic acids is 1. The Labute approximate surface area is 161 Å². The van der Waals surface area contributed by atoms with Crippen LogP contribution >= 0.6 is 0 Å². The van der Waals surface area contributed by atoms with E-state index in [0.29, 0.717) is 11.5 Å². The van der Waals surface area contributed by atoms with E-state index in [1.165, 1.54) is 23.3 Å². The highest BCUT2D eigenvalue weighted by atomic mass is 16.2. The van der Waals surface area contributed by atoms with Gasteiger partial charge in [-0.15, -0.1) is 0 Å². The number of nitrogens with one attached hydrogen (secondary N) is 1. The molecule has 3 heterocycles. The molecule has 3 aromatic rings. The number of hydrogen-bond donors (Lipinski definition) is 1. The quantitative estimate of drug-likeness (QED) is 0.731. The van der Waals surface area contributed by atoms with E-state index in [1.54, 1.807) is 6.07 Å². The zero-order valence-electron chi connectivity index (χ0n) is 15.3. The number of amides is 1. The van der Waals surface area contributed by atoms with Crippen LogP contribution in [0.15, 0.2) is 59.9 Å². The minimum Gasteiger partial charge on any atom is -0.356 e. The van der Waals surface area contributed by atoms with Gasteiger partial charge < -0.3 is 10.2 Å². The van der Waals surface area contributed by atoms with E-state index in [9.17, 15) is 9.59 Å². The second-order valence-electron chi connectivity index (χ2n) is 6.61. The maximum Gasteiger partial charge on any atom is 0.254 e. The predicted octanol–water partition coefficient (Wildman–Crippen LogP) is 1.94. The highest BCUT2D eigenvalue weighted by Crippen LogP contribution is 2.19. The summed E-state index contributed by atoms with van der Waals surface area (Å²) >= 11 is 0.